The minimum atomic E-state index is -1.59. The van der Waals surface area contributed by atoms with Gasteiger partial charge >= 0.3 is 0 Å². The average Bonchev–Trinajstić information content (AvgIpc) is 3.14. The van der Waals surface area contributed by atoms with Gasteiger partial charge < -0.3 is 23.7 Å². The minimum Gasteiger partial charge on any atom is -0.374 e. The fourth-order valence-electron chi connectivity index (χ4n) is 5.73. The normalized spacial score (nSPS) is 21.5. The molecule has 5 aromatic carbocycles. The first-order chi connectivity index (χ1) is 23.6. The van der Waals surface area contributed by atoms with Crippen LogP contribution in [-0.2, 0) is 60.9 Å². The standard InChI is InChI=1S/C41H42O6S/c1-31-22-24-36(25-23-31)48(42)41-40(46-29-35-20-12-5-13-21-35)39(45-28-34-18-10-4-11-19-34)38(44-27-33-16-8-3-9-17-33)37(47-41)30-43-26-32-14-6-2-7-15-32/h2-25,37-41H,26-30H2,1H3/t37-,38-,39+,40-,41+,48?/m1/s1. The van der Waals surface area contributed by atoms with Gasteiger partial charge in [0.1, 0.15) is 24.4 Å². The molecule has 1 fully saturated rings. The van der Waals surface area contributed by atoms with Crippen LogP contribution >= 0.6 is 0 Å². The largest absolute Gasteiger partial charge is 0.374 e. The van der Waals surface area contributed by atoms with E-state index in [2.05, 4.69) is 0 Å². The maximum Gasteiger partial charge on any atom is 0.166 e. The highest BCUT2D eigenvalue weighted by molar-refractivity contribution is 7.85. The summed E-state index contributed by atoms with van der Waals surface area (Å²) >= 11 is 0. The molecule has 0 amide bonds. The topological polar surface area (TPSA) is 63.2 Å². The van der Waals surface area contributed by atoms with Crippen LogP contribution in [0.1, 0.15) is 27.8 Å². The van der Waals surface area contributed by atoms with Crippen molar-refractivity contribution in [3.05, 3.63) is 173 Å². The summed E-state index contributed by atoms with van der Waals surface area (Å²) < 4.78 is 47.7. The van der Waals surface area contributed by atoms with Gasteiger partial charge in [0.25, 0.3) is 0 Å². The van der Waals surface area contributed by atoms with E-state index in [1.807, 2.05) is 153 Å². The lowest BCUT2D eigenvalue weighted by molar-refractivity contribution is -0.255. The van der Waals surface area contributed by atoms with E-state index in [4.69, 9.17) is 23.7 Å². The van der Waals surface area contributed by atoms with Gasteiger partial charge in [-0.2, -0.15) is 0 Å². The van der Waals surface area contributed by atoms with Gasteiger partial charge in [-0.1, -0.05) is 139 Å². The molecule has 6 rings (SSSR count). The van der Waals surface area contributed by atoms with Crippen molar-refractivity contribution in [3.63, 3.8) is 0 Å². The summed E-state index contributed by atoms with van der Waals surface area (Å²) in [5.74, 6) is 0. The van der Waals surface area contributed by atoms with Gasteiger partial charge in [-0.25, -0.2) is 0 Å². The van der Waals surface area contributed by atoms with Crippen molar-refractivity contribution >= 4 is 10.8 Å². The van der Waals surface area contributed by atoms with Crippen molar-refractivity contribution in [3.8, 4) is 0 Å². The Morgan fingerprint density at radius 3 is 1.42 bits per heavy atom. The van der Waals surface area contributed by atoms with Crippen LogP contribution in [0.2, 0.25) is 0 Å². The van der Waals surface area contributed by atoms with Crippen molar-refractivity contribution in [1.29, 1.82) is 0 Å². The van der Waals surface area contributed by atoms with Crippen molar-refractivity contribution in [2.45, 2.75) is 68.1 Å². The summed E-state index contributed by atoms with van der Waals surface area (Å²) in [5, 5.41) is 0. The average molecular weight is 663 g/mol. The molecular weight excluding hydrogens is 621 g/mol. The summed E-state index contributed by atoms with van der Waals surface area (Å²) in [6.07, 6.45) is -2.52. The molecule has 1 heterocycles. The fraction of sp³-hybridized carbons (Fsp3) is 0.268. The third-order valence-electron chi connectivity index (χ3n) is 8.30. The molecule has 1 saturated heterocycles. The molecule has 0 N–H and O–H groups in total. The number of ether oxygens (including phenoxy) is 5. The molecule has 1 aliphatic heterocycles. The predicted octanol–water partition coefficient (Wildman–Crippen LogP) is 7.80. The molecule has 48 heavy (non-hydrogen) atoms. The minimum absolute atomic E-state index is 0.215. The van der Waals surface area contributed by atoms with Gasteiger partial charge in [-0.3, -0.25) is 4.21 Å². The second kappa shape index (κ2) is 17.4. The van der Waals surface area contributed by atoms with Crippen molar-refractivity contribution in [1.82, 2.24) is 0 Å². The first-order valence-corrected chi connectivity index (χ1v) is 17.6. The second-order valence-electron chi connectivity index (χ2n) is 11.9. The van der Waals surface area contributed by atoms with E-state index in [9.17, 15) is 4.21 Å². The third-order valence-corrected chi connectivity index (χ3v) is 9.84. The molecule has 248 valence electrons. The van der Waals surface area contributed by atoms with Gasteiger partial charge in [-0.15, -0.1) is 0 Å². The Morgan fingerprint density at radius 2 is 0.938 bits per heavy atom. The fourth-order valence-corrected chi connectivity index (χ4v) is 7.12. The lowest BCUT2D eigenvalue weighted by Gasteiger charge is -2.45. The highest BCUT2D eigenvalue weighted by Crippen LogP contribution is 2.34. The van der Waals surface area contributed by atoms with Crippen LogP contribution in [0.25, 0.3) is 0 Å². The molecule has 0 spiro atoms. The first-order valence-electron chi connectivity index (χ1n) is 16.3. The van der Waals surface area contributed by atoms with Gasteiger partial charge in [-0.05, 0) is 41.3 Å². The molecule has 0 aliphatic carbocycles. The zero-order valence-electron chi connectivity index (χ0n) is 27.1. The number of hydrogen-bond acceptors (Lipinski definition) is 6. The highest BCUT2D eigenvalue weighted by Gasteiger charge is 2.50. The van der Waals surface area contributed by atoms with E-state index in [0.717, 1.165) is 27.8 Å². The Morgan fingerprint density at radius 1 is 0.521 bits per heavy atom. The summed E-state index contributed by atoms with van der Waals surface area (Å²) in [5.41, 5.74) is 4.32. The molecule has 6 atom stereocenters. The van der Waals surface area contributed by atoms with E-state index in [0.29, 0.717) is 31.3 Å². The van der Waals surface area contributed by atoms with Crippen LogP contribution in [0.5, 0.6) is 0 Å². The number of aryl methyl sites for hydroxylation is 1. The van der Waals surface area contributed by atoms with Crippen LogP contribution < -0.4 is 0 Å². The lowest BCUT2D eigenvalue weighted by atomic mass is 9.98. The Bertz CT molecular complexity index is 1670. The monoisotopic (exact) mass is 662 g/mol. The van der Waals surface area contributed by atoms with Crippen LogP contribution in [0.3, 0.4) is 0 Å². The summed E-state index contributed by atoms with van der Waals surface area (Å²) in [6.45, 7) is 3.59. The van der Waals surface area contributed by atoms with Crippen molar-refractivity contribution in [2.24, 2.45) is 0 Å². The molecule has 5 aromatic rings. The van der Waals surface area contributed by atoms with Crippen LogP contribution in [0, 0.1) is 6.92 Å². The number of benzene rings is 5. The molecule has 1 aliphatic rings. The highest BCUT2D eigenvalue weighted by atomic mass is 32.2. The van der Waals surface area contributed by atoms with Gasteiger partial charge in [0.2, 0.25) is 0 Å². The van der Waals surface area contributed by atoms with E-state index < -0.39 is 40.7 Å². The Hall–Kier alpha value is -3.95. The van der Waals surface area contributed by atoms with E-state index in [1.165, 1.54) is 0 Å². The molecule has 1 unspecified atom stereocenters. The summed E-state index contributed by atoms with van der Waals surface area (Å²) in [6, 6.07) is 47.7. The maximum absolute atomic E-state index is 14.4. The zero-order valence-corrected chi connectivity index (χ0v) is 28.0. The second-order valence-corrected chi connectivity index (χ2v) is 13.5. The first kappa shape index (κ1) is 33.9. The number of hydrogen-bond donors (Lipinski definition) is 0. The lowest BCUT2D eigenvalue weighted by Crippen LogP contribution is -2.62. The molecule has 0 bridgehead atoms. The third kappa shape index (κ3) is 9.35. The summed E-state index contributed by atoms with van der Waals surface area (Å²) in [7, 11) is -1.59. The quantitative estimate of drug-likeness (QED) is 0.114. The van der Waals surface area contributed by atoms with Crippen LogP contribution in [0.4, 0.5) is 0 Å². The molecular formula is C41H42O6S. The van der Waals surface area contributed by atoms with Crippen LogP contribution in [0.15, 0.2) is 150 Å². The van der Waals surface area contributed by atoms with E-state index in [1.54, 1.807) is 0 Å². The number of rotatable bonds is 15. The van der Waals surface area contributed by atoms with Gasteiger partial charge in [0.15, 0.2) is 5.44 Å². The van der Waals surface area contributed by atoms with E-state index >= 15 is 0 Å². The Labute approximate surface area is 286 Å². The Balaban J connectivity index is 1.35. The van der Waals surface area contributed by atoms with Crippen molar-refractivity contribution < 1.29 is 27.9 Å². The van der Waals surface area contributed by atoms with Gasteiger partial charge in [0, 0.05) is 4.90 Å². The SMILES string of the molecule is Cc1ccc(S(=O)[C@@H]2O[C@H](COCc3ccccc3)[C@@H](OCc3ccccc3)[C@H](OCc3ccccc3)[C@H]2OCc2ccccc2)cc1. The maximum atomic E-state index is 14.4. The molecule has 0 saturated carbocycles. The smallest absolute Gasteiger partial charge is 0.166 e. The predicted molar refractivity (Wildman–Crippen MR) is 187 cm³/mol. The van der Waals surface area contributed by atoms with Crippen LogP contribution in [-0.4, -0.2) is 40.7 Å². The Kier molecular flexibility index (Phi) is 12.3. The molecule has 6 nitrogen and oxygen atoms in total. The molecule has 7 heteroatoms. The molecule has 0 aromatic heterocycles. The van der Waals surface area contributed by atoms with Crippen molar-refractivity contribution in [2.75, 3.05) is 6.61 Å². The summed E-state index contributed by atoms with van der Waals surface area (Å²) in [4.78, 5) is 0.660. The van der Waals surface area contributed by atoms with E-state index in [-0.39, 0.29) is 6.61 Å². The van der Waals surface area contributed by atoms with Gasteiger partial charge in [0.05, 0.1) is 43.8 Å². The molecule has 0 radical (unpaired) electrons. The zero-order chi connectivity index (χ0) is 33.0.